The van der Waals surface area contributed by atoms with Gasteiger partial charge in [-0.2, -0.15) is 9.40 Å². The van der Waals surface area contributed by atoms with E-state index in [9.17, 15) is 8.42 Å². The molecule has 0 atom stereocenters. The Morgan fingerprint density at radius 2 is 1.79 bits per heavy atom. The largest absolute Gasteiger partial charge is 0.375 e. The number of piperidine rings is 1. The van der Waals surface area contributed by atoms with Gasteiger partial charge in [0.2, 0.25) is 10.0 Å². The minimum absolute atomic E-state index is 0.330. The Kier molecular flexibility index (Phi) is 6.20. The third kappa shape index (κ3) is 4.13. The van der Waals surface area contributed by atoms with Crippen LogP contribution in [-0.2, 0) is 28.2 Å². The van der Waals surface area contributed by atoms with Gasteiger partial charge in [-0.1, -0.05) is 23.7 Å². The van der Waals surface area contributed by atoms with E-state index in [2.05, 4.69) is 5.10 Å². The zero-order valence-electron chi connectivity index (χ0n) is 16.9. The quantitative estimate of drug-likeness (QED) is 0.710. The number of benzene rings is 1. The molecule has 6 nitrogen and oxygen atoms in total. The molecular formula is C20H28ClN3O3S. The van der Waals surface area contributed by atoms with E-state index in [0.29, 0.717) is 53.8 Å². The van der Waals surface area contributed by atoms with Gasteiger partial charge in [0.05, 0.1) is 17.0 Å². The summed E-state index contributed by atoms with van der Waals surface area (Å²) in [4.78, 5) is 0.330. The highest BCUT2D eigenvalue weighted by atomic mass is 35.5. The van der Waals surface area contributed by atoms with Crippen LogP contribution < -0.4 is 0 Å². The average molecular weight is 426 g/mol. The summed E-state index contributed by atoms with van der Waals surface area (Å²) >= 11 is 5.99. The first kappa shape index (κ1) is 21.3. The summed E-state index contributed by atoms with van der Waals surface area (Å²) in [6.07, 6.45) is 2.05. The summed E-state index contributed by atoms with van der Waals surface area (Å²) in [5.41, 5.74) is 2.00. The van der Waals surface area contributed by atoms with Crippen LogP contribution in [0.2, 0.25) is 5.02 Å². The number of hydrogen-bond acceptors (Lipinski definition) is 4. The van der Waals surface area contributed by atoms with Gasteiger partial charge in [0.15, 0.2) is 0 Å². The van der Waals surface area contributed by atoms with E-state index in [0.717, 1.165) is 12.0 Å². The molecule has 0 N–H and O–H groups in total. The molecule has 0 aliphatic carbocycles. The van der Waals surface area contributed by atoms with Crippen molar-refractivity contribution in [1.82, 2.24) is 14.1 Å². The van der Waals surface area contributed by atoms with Gasteiger partial charge >= 0.3 is 0 Å². The maximum Gasteiger partial charge on any atom is 0.246 e. The minimum atomic E-state index is -3.57. The minimum Gasteiger partial charge on any atom is -0.375 e. The standard InChI is InChI=1S/C20H28ClN3O3S/c1-5-27-20(14-17-6-8-18(21)9-7-17)10-12-24(13-11-20)28(25,26)19-15(2)22-23(4)16(19)3/h6-9H,5,10-14H2,1-4H3. The third-order valence-electron chi connectivity index (χ3n) is 5.56. The Hall–Kier alpha value is -1.41. The van der Waals surface area contributed by atoms with Crippen molar-refractivity contribution in [3.63, 3.8) is 0 Å². The van der Waals surface area contributed by atoms with Crippen LogP contribution in [-0.4, -0.2) is 47.8 Å². The Morgan fingerprint density at radius 1 is 1.18 bits per heavy atom. The fraction of sp³-hybridized carbons (Fsp3) is 0.550. The van der Waals surface area contributed by atoms with Crippen LogP contribution >= 0.6 is 11.6 Å². The van der Waals surface area contributed by atoms with E-state index in [1.807, 2.05) is 31.2 Å². The smallest absolute Gasteiger partial charge is 0.246 e. The van der Waals surface area contributed by atoms with Crippen LogP contribution in [0.25, 0.3) is 0 Å². The first-order valence-electron chi connectivity index (χ1n) is 9.57. The van der Waals surface area contributed by atoms with Crippen LogP contribution in [0.5, 0.6) is 0 Å². The van der Waals surface area contributed by atoms with Crippen molar-refractivity contribution in [2.45, 2.75) is 50.5 Å². The second-order valence-electron chi connectivity index (χ2n) is 7.45. The molecule has 2 heterocycles. The number of aryl methyl sites for hydroxylation is 2. The number of ether oxygens (including phenoxy) is 1. The zero-order chi connectivity index (χ0) is 20.5. The number of hydrogen-bond donors (Lipinski definition) is 0. The van der Waals surface area contributed by atoms with E-state index in [4.69, 9.17) is 16.3 Å². The van der Waals surface area contributed by atoms with Gasteiger partial charge in [0.1, 0.15) is 4.90 Å². The molecule has 3 rings (SSSR count). The van der Waals surface area contributed by atoms with Gasteiger partial charge in [-0.05, 0) is 51.3 Å². The van der Waals surface area contributed by atoms with Crippen LogP contribution in [0.15, 0.2) is 29.2 Å². The molecule has 0 unspecified atom stereocenters. The van der Waals surface area contributed by atoms with Crippen LogP contribution in [0.4, 0.5) is 0 Å². The molecule has 0 bridgehead atoms. The normalized spacial score (nSPS) is 17.8. The Labute approximate surface area is 172 Å². The molecule has 28 heavy (non-hydrogen) atoms. The highest BCUT2D eigenvalue weighted by molar-refractivity contribution is 7.89. The fourth-order valence-corrected chi connectivity index (χ4v) is 6.01. The molecule has 0 radical (unpaired) electrons. The van der Waals surface area contributed by atoms with Crippen molar-refractivity contribution in [3.8, 4) is 0 Å². The summed E-state index contributed by atoms with van der Waals surface area (Å²) in [6, 6.07) is 7.78. The van der Waals surface area contributed by atoms with Gasteiger partial charge < -0.3 is 4.74 Å². The first-order chi connectivity index (χ1) is 13.2. The molecule has 1 aliphatic rings. The topological polar surface area (TPSA) is 64.4 Å². The molecular weight excluding hydrogens is 398 g/mol. The number of nitrogens with zero attached hydrogens (tertiary/aromatic N) is 3. The lowest BCUT2D eigenvalue weighted by Crippen LogP contribution is -2.49. The molecule has 1 saturated heterocycles. The van der Waals surface area contributed by atoms with Crippen molar-refractivity contribution in [2.75, 3.05) is 19.7 Å². The number of sulfonamides is 1. The first-order valence-corrected chi connectivity index (χ1v) is 11.4. The highest BCUT2D eigenvalue weighted by Gasteiger charge is 2.40. The van der Waals surface area contributed by atoms with Gasteiger partial charge in [-0.3, -0.25) is 4.68 Å². The molecule has 154 valence electrons. The average Bonchev–Trinajstić information content (AvgIpc) is 2.90. The van der Waals surface area contributed by atoms with E-state index >= 15 is 0 Å². The molecule has 2 aromatic rings. The molecule has 0 spiro atoms. The molecule has 1 aromatic carbocycles. The molecule has 1 aromatic heterocycles. The second kappa shape index (κ2) is 8.14. The Morgan fingerprint density at radius 3 is 2.29 bits per heavy atom. The number of halogens is 1. The lowest BCUT2D eigenvalue weighted by Gasteiger charge is -2.41. The maximum absolute atomic E-state index is 13.2. The van der Waals surface area contributed by atoms with Gasteiger partial charge in [-0.15, -0.1) is 0 Å². The van der Waals surface area contributed by atoms with E-state index in [-0.39, 0.29) is 5.60 Å². The SMILES string of the molecule is CCOC1(Cc2ccc(Cl)cc2)CCN(S(=O)(=O)c2c(C)nn(C)c2C)CC1. The van der Waals surface area contributed by atoms with Crippen LogP contribution in [0.3, 0.4) is 0 Å². The predicted molar refractivity (Wildman–Crippen MR) is 110 cm³/mol. The number of aromatic nitrogens is 2. The van der Waals surface area contributed by atoms with Crippen LogP contribution in [0.1, 0.15) is 36.7 Å². The van der Waals surface area contributed by atoms with Crippen molar-refractivity contribution in [2.24, 2.45) is 7.05 Å². The molecule has 1 fully saturated rings. The van der Waals surface area contributed by atoms with E-state index in [1.54, 1.807) is 29.9 Å². The van der Waals surface area contributed by atoms with E-state index in [1.165, 1.54) is 0 Å². The summed E-state index contributed by atoms with van der Waals surface area (Å²) < 4.78 is 35.8. The summed E-state index contributed by atoms with van der Waals surface area (Å²) in [6.45, 7) is 6.99. The Balaban J connectivity index is 1.79. The summed E-state index contributed by atoms with van der Waals surface area (Å²) in [7, 11) is -1.80. The fourth-order valence-electron chi connectivity index (χ4n) is 4.04. The van der Waals surface area contributed by atoms with E-state index < -0.39 is 10.0 Å². The Bertz CT molecular complexity index is 930. The highest BCUT2D eigenvalue weighted by Crippen LogP contribution is 2.34. The molecule has 1 aliphatic heterocycles. The van der Waals surface area contributed by atoms with Gasteiger partial charge in [0.25, 0.3) is 0 Å². The van der Waals surface area contributed by atoms with Crippen LogP contribution in [0, 0.1) is 13.8 Å². The van der Waals surface area contributed by atoms with Gasteiger partial charge in [0, 0.05) is 38.2 Å². The lowest BCUT2D eigenvalue weighted by atomic mass is 9.85. The van der Waals surface area contributed by atoms with Crippen molar-refractivity contribution in [1.29, 1.82) is 0 Å². The number of rotatable bonds is 6. The summed E-state index contributed by atoms with van der Waals surface area (Å²) in [5, 5.41) is 4.97. The second-order valence-corrected chi connectivity index (χ2v) is 9.76. The lowest BCUT2D eigenvalue weighted by molar-refractivity contribution is -0.0690. The van der Waals surface area contributed by atoms with Crippen molar-refractivity contribution in [3.05, 3.63) is 46.2 Å². The predicted octanol–water partition coefficient (Wildman–Crippen LogP) is 3.49. The molecule has 0 amide bonds. The van der Waals surface area contributed by atoms with Crippen molar-refractivity contribution < 1.29 is 13.2 Å². The van der Waals surface area contributed by atoms with Crippen molar-refractivity contribution >= 4 is 21.6 Å². The molecule has 0 saturated carbocycles. The zero-order valence-corrected chi connectivity index (χ0v) is 18.5. The molecule has 8 heteroatoms. The van der Waals surface area contributed by atoms with Gasteiger partial charge in [-0.25, -0.2) is 8.42 Å². The summed E-state index contributed by atoms with van der Waals surface area (Å²) in [5.74, 6) is 0. The maximum atomic E-state index is 13.2. The monoisotopic (exact) mass is 425 g/mol. The third-order valence-corrected chi connectivity index (χ3v) is 7.97.